The van der Waals surface area contributed by atoms with E-state index in [1.165, 1.54) is 10.6 Å². The highest BCUT2D eigenvalue weighted by molar-refractivity contribution is 7.88. The number of pyridine rings is 1. The Kier molecular flexibility index (Phi) is 2.94. The van der Waals surface area contributed by atoms with Gasteiger partial charge in [0.15, 0.2) is 0 Å². The van der Waals surface area contributed by atoms with Crippen LogP contribution in [0.2, 0.25) is 0 Å². The molecule has 1 fully saturated rings. The highest BCUT2D eigenvalue weighted by atomic mass is 32.2. The molecule has 0 amide bonds. The standard InChI is InChI=1S/C12H16N4O2S/c1-19(17,18)16-8-6-14(7-9-16)12-10-15-5-3-2-4-11(15)13-12/h2-5,10H,6-9H2,1H3. The average Bonchev–Trinajstić information content (AvgIpc) is 2.81. The number of imidazole rings is 1. The monoisotopic (exact) mass is 280 g/mol. The van der Waals surface area contributed by atoms with Crippen molar-refractivity contribution in [1.29, 1.82) is 0 Å². The Bertz CT molecular complexity index is 654. The van der Waals surface area contributed by atoms with E-state index < -0.39 is 10.0 Å². The van der Waals surface area contributed by atoms with Gasteiger partial charge >= 0.3 is 0 Å². The molecule has 0 atom stereocenters. The lowest BCUT2D eigenvalue weighted by molar-refractivity contribution is 0.387. The number of aromatic nitrogens is 2. The molecule has 7 heteroatoms. The third-order valence-corrected chi connectivity index (χ3v) is 4.69. The van der Waals surface area contributed by atoms with E-state index in [1.54, 1.807) is 0 Å². The number of rotatable bonds is 2. The van der Waals surface area contributed by atoms with Crippen LogP contribution in [0.4, 0.5) is 5.82 Å². The summed E-state index contributed by atoms with van der Waals surface area (Å²) in [6, 6.07) is 5.87. The molecule has 0 radical (unpaired) electrons. The largest absolute Gasteiger partial charge is 0.353 e. The van der Waals surface area contributed by atoms with Crippen LogP contribution in [0.25, 0.3) is 5.65 Å². The maximum atomic E-state index is 11.5. The van der Waals surface area contributed by atoms with Crippen LogP contribution in [0, 0.1) is 0 Å². The van der Waals surface area contributed by atoms with E-state index in [1.807, 2.05) is 35.0 Å². The van der Waals surface area contributed by atoms with Gasteiger partial charge in [-0.25, -0.2) is 13.4 Å². The molecular weight excluding hydrogens is 264 g/mol. The van der Waals surface area contributed by atoms with Crippen LogP contribution in [0.5, 0.6) is 0 Å². The molecule has 2 aromatic rings. The maximum absolute atomic E-state index is 11.5. The molecule has 0 spiro atoms. The van der Waals surface area contributed by atoms with Crippen molar-refractivity contribution in [2.24, 2.45) is 0 Å². The first kappa shape index (κ1) is 12.4. The summed E-state index contributed by atoms with van der Waals surface area (Å²) in [7, 11) is -3.08. The molecular formula is C12H16N4O2S. The number of anilines is 1. The van der Waals surface area contributed by atoms with Crippen LogP contribution in [0.1, 0.15) is 0 Å². The Hall–Kier alpha value is -1.60. The van der Waals surface area contributed by atoms with Gasteiger partial charge in [-0.2, -0.15) is 4.31 Å². The van der Waals surface area contributed by atoms with Crippen molar-refractivity contribution in [2.75, 3.05) is 37.3 Å². The normalized spacial score (nSPS) is 18.1. The molecule has 0 aliphatic carbocycles. The van der Waals surface area contributed by atoms with Gasteiger partial charge in [-0.15, -0.1) is 0 Å². The zero-order valence-corrected chi connectivity index (χ0v) is 11.5. The molecule has 0 unspecified atom stereocenters. The van der Waals surface area contributed by atoms with E-state index in [0.717, 1.165) is 11.5 Å². The quantitative estimate of drug-likeness (QED) is 0.800. The molecule has 19 heavy (non-hydrogen) atoms. The Morgan fingerprint density at radius 3 is 2.53 bits per heavy atom. The average molecular weight is 280 g/mol. The highest BCUT2D eigenvalue weighted by Gasteiger charge is 2.24. The topological polar surface area (TPSA) is 57.9 Å². The van der Waals surface area contributed by atoms with E-state index in [2.05, 4.69) is 9.88 Å². The van der Waals surface area contributed by atoms with Crippen molar-refractivity contribution < 1.29 is 8.42 Å². The first-order valence-corrected chi connectivity index (χ1v) is 8.03. The van der Waals surface area contributed by atoms with Gasteiger partial charge in [0, 0.05) is 32.4 Å². The van der Waals surface area contributed by atoms with Gasteiger partial charge in [-0.3, -0.25) is 0 Å². The summed E-state index contributed by atoms with van der Waals surface area (Å²) in [5, 5.41) is 0. The summed E-state index contributed by atoms with van der Waals surface area (Å²) in [5.41, 5.74) is 0.906. The molecule has 1 aliphatic rings. The molecule has 1 saturated heterocycles. The van der Waals surface area contributed by atoms with Crippen molar-refractivity contribution in [1.82, 2.24) is 13.7 Å². The van der Waals surface area contributed by atoms with E-state index in [0.29, 0.717) is 26.2 Å². The van der Waals surface area contributed by atoms with Crippen LogP contribution in [-0.2, 0) is 10.0 Å². The molecule has 0 aromatic carbocycles. The minimum atomic E-state index is -3.08. The second-order valence-electron chi connectivity index (χ2n) is 4.71. The van der Waals surface area contributed by atoms with Gasteiger partial charge in [-0.05, 0) is 12.1 Å². The van der Waals surface area contributed by atoms with E-state index in [-0.39, 0.29) is 0 Å². The third kappa shape index (κ3) is 2.43. The smallest absolute Gasteiger partial charge is 0.211 e. The van der Waals surface area contributed by atoms with E-state index >= 15 is 0 Å². The minimum Gasteiger partial charge on any atom is -0.353 e. The van der Waals surface area contributed by atoms with Gasteiger partial charge < -0.3 is 9.30 Å². The highest BCUT2D eigenvalue weighted by Crippen LogP contribution is 2.17. The Morgan fingerprint density at radius 2 is 1.89 bits per heavy atom. The number of piperazine rings is 1. The van der Waals surface area contributed by atoms with Crippen molar-refractivity contribution in [3.05, 3.63) is 30.6 Å². The van der Waals surface area contributed by atoms with Crippen LogP contribution < -0.4 is 4.90 Å². The molecule has 2 aromatic heterocycles. The molecule has 102 valence electrons. The SMILES string of the molecule is CS(=O)(=O)N1CCN(c2cn3ccccc3n2)CC1. The summed E-state index contributed by atoms with van der Waals surface area (Å²) in [4.78, 5) is 6.66. The second kappa shape index (κ2) is 4.50. The minimum absolute atomic E-state index is 0.521. The Labute approximate surface area is 112 Å². The zero-order chi connectivity index (χ0) is 13.5. The number of hydrogen-bond donors (Lipinski definition) is 0. The van der Waals surface area contributed by atoms with Gasteiger partial charge in [0.1, 0.15) is 11.5 Å². The molecule has 0 N–H and O–H groups in total. The molecule has 6 nitrogen and oxygen atoms in total. The molecule has 1 aliphatic heterocycles. The number of nitrogens with zero attached hydrogens (tertiary/aromatic N) is 4. The summed E-state index contributed by atoms with van der Waals surface area (Å²) in [6.07, 6.45) is 5.19. The summed E-state index contributed by atoms with van der Waals surface area (Å²) >= 11 is 0. The Morgan fingerprint density at radius 1 is 1.16 bits per heavy atom. The zero-order valence-electron chi connectivity index (χ0n) is 10.7. The first-order valence-electron chi connectivity index (χ1n) is 6.18. The number of fused-ring (bicyclic) bond motifs is 1. The van der Waals surface area contributed by atoms with Crippen LogP contribution in [0.15, 0.2) is 30.6 Å². The lowest BCUT2D eigenvalue weighted by Gasteiger charge is -2.33. The van der Waals surface area contributed by atoms with Crippen LogP contribution >= 0.6 is 0 Å². The number of sulfonamides is 1. The van der Waals surface area contributed by atoms with Crippen molar-refractivity contribution in [2.45, 2.75) is 0 Å². The number of hydrogen-bond acceptors (Lipinski definition) is 4. The maximum Gasteiger partial charge on any atom is 0.211 e. The van der Waals surface area contributed by atoms with Crippen molar-refractivity contribution in [3.8, 4) is 0 Å². The first-order chi connectivity index (χ1) is 9.04. The van der Waals surface area contributed by atoms with E-state index in [9.17, 15) is 8.42 Å². The summed E-state index contributed by atoms with van der Waals surface area (Å²) in [6.45, 7) is 2.40. The third-order valence-electron chi connectivity index (χ3n) is 3.38. The van der Waals surface area contributed by atoms with Gasteiger partial charge in [0.25, 0.3) is 0 Å². The predicted octanol–water partition coefficient (Wildman–Crippen LogP) is 0.416. The predicted molar refractivity (Wildman–Crippen MR) is 73.8 cm³/mol. The molecule has 3 heterocycles. The molecule has 0 bridgehead atoms. The van der Waals surface area contributed by atoms with Gasteiger partial charge in [0.05, 0.1) is 12.5 Å². The summed E-state index contributed by atoms with van der Waals surface area (Å²) < 4.78 is 26.4. The van der Waals surface area contributed by atoms with Crippen molar-refractivity contribution in [3.63, 3.8) is 0 Å². The van der Waals surface area contributed by atoms with E-state index in [4.69, 9.17) is 0 Å². The fourth-order valence-electron chi connectivity index (χ4n) is 2.32. The van der Waals surface area contributed by atoms with Gasteiger partial charge in [0.2, 0.25) is 10.0 Å². The molecule has 0 saturated carbocycles. The lowest BCUT2D eigenvalue weighted by Crippen LogP contribution is -2.48. The van der Waals surface area contributed by atoms with Crippen LogP contribution in [-0.4, -0.2) is 54.5 Å². The van der Waals surface area contributed by atoms with Crippen molar-refractivity contribution >= 4 is 21.5 Å². The fourth-order valence-corrected chi connectivity index (χ4v) is 3.15. The molecule has 3 rings (SSSR count). The Balaban J connectivity index is 1.78. The van der Waals surface area contributed by atoms with Gasteiger partial charge in [-0.1, -0.05) is 6.07 Å². The second-order valence-corrected chi connectivity index (χ2v) is 6.70. The van der Waals surface area contributed by atoms with Crippen LogP contribution in [0.3, 0.4) is 0 Å². The fraction of sp³-hybridized carbons (Fsp3) is 0.417. The lowest BCUT2D eigenvalue weighted by atomic mass is 10.4. The summed E-state index contributed by atoms with van der Waals surface area (Å²) in [5.74, 6) is 0.902.